The number of rotatable bonds is 8. The SMILES string of the molecule is CSc1ccccc1NC(=O)COC(=O)c1ccccc1SCc1ccc(C#N)cc1. The van der Waals surface area contributed by atoms with Gasteiger partial charge in [0.1, 0.15) is 0 Å². The van der Waals surface area contributed by atoms with Crippen LogP contribution in [0, 0.1) is 11.3 Å². The molecule has 5 nitrogen and oxygen atoms in total. The molecule has 0 aliphatic heterocycles. The van der Waals surface area contributed by atoms with Gasteiger partial charge < -0.3 is 10.1 Å². The summed E-state index contributed by atoms with van der Waals surface area (Å²) in [5.74, 6) is -0.295. The summed E-state index contributed by atoms with van der Waals surface area (Å²) in [7, 11) is 0. The number of carbonyl (C=O) groups excluding carboxylic acids is 2. The molecule has 156 valence electrons. The molecule has 3 rings (SSSR count). The second-order valence-electron chi connectivity index (χ2n) is 6.42. The summed E-state index contributed by atoms with van der Waals surface area (Å²) in [5, 5.41) is 11.7. The lowest BCUT2D eigenvalue weighted by Crippen LogP contribution is -2.21. The topological polar surface area (TPSA) is 79.2 Å². The molecule has 7 heteroatoms. The van der Waals surface area contributed by atoms with Crippen molar-refractivity contribution in [1.29, 1.82) is 5.26 Å². The van der Waals surface area contributed by atoms with Crippen molar-refractivity contribution in [3.05, 3.63) is 89.5 Å². The number of carbonyl (C=O) groups is 2. The fraction of sp³-hybridized carbons (Fsp3) is 0.125. The quantitative estimate of drug-likeness (QED) is 0.369. The van der Waals surface area contributed by atoms with E-state index in [-0.39, 0.29) is 6.61 Å². The van der Waals surface area contributed by atoms with Gasteiger partial charge in [-0.25, -0.2) is 4.79 Å². The third-order valence-electron chi connectivity index (χ3n) is 4.30. The zero-order chi connectivity index (χ0) is 22.1. The number of benzene rings is 3. The van der Waals surface area contributed by atoms with E-state index in [1.807, 2.05) is 48.7 Å². The van der Waals surface area contributed by atoms with Gasteiger partial charge in [0, 0.05) is 15.5 Å². The summed E-state index contributed by atoms with van der Waals surface area (Å²) in [6, 6.07) is 24.0. The predicted molar refractivity (Wildman–Crippen MR) is 124 cm³/mol. The number of ether oxygens (including phenoxy) is 1. The van der Waals surface area contributed by atoms with Gasteiger partial charge in [-0.05, 0) is 48.2 Å². The van der Waals surface area contributed by atoms with E-state index in [0.717, 1.165) is 15.4 Å². The Morgan fingerprint density at radius 3 is 2.35 bits per heavy atom. The van der Waals surface area contributed by atoms with Crippen molar-refractivity contribution in [3.63, 3.8) is 0 Å². The summed E-state index contributed by atoms with van der Waals surface area (Å²) in [6.45, 7) is -0.365. The zero-order valence-corrected chi connectivity index (χ0v) is 18.5. The third-order valence-corrected chi connectivity index (χ3v) is 6.24. The van der Waals surface area contributed by atoms with Crippen LogP contribution in [0.3, 0.4) is 0 Å². The largest absolute Gasteiger partial charge is 0.452 e. The first-order valence-electron chi connectivity index (χ1n) is 9.41. The van der Waals surface area contributed by atoms with Crippen molar-refractivity contribution in [2.75, 3.05) is 18.2 Å². The molecule has 0 saturated heterocycles. The highest BCUT2D eigenvalue weighted by molar-refractivity contribution is 7.99. The molecule has 3 aromatic rings. The third kappa shape index (κ3) is 6.38. The Hall–Kier alpha value is -3.21. The second-order valence-corrected chi connectivity index (χ2v) is 8.28. The molecule has 0 atom stereocenters. The van der Waals surface area contributed by atoms with Gasteiger partial charge in [-0.1, -0.05) is 36.4 Å². The average Bonchev–Trinajstić information content (AvgIpc) is 2.82. The molecule has 0 unspecified atom stereocenters. The van der Waals surface area contributed by atoms with Gasteiger partial charge in [0.25, 0.3) is 5.91 Å². The molecule has 3 aromatic carbocycles. The van der Waals surface area contributed by atoms with Crippen molar-refractivity contribution in [2.24, 2.45) is 0 Å². The lowest BCUT2D eigenvalue weighted by molar-refractivity contribution is -0.119. The van der Waals surface area contributed by atoms with E-state index in [4.69, 9.17) is 10.00 Å². The number of esters is 1. The number of anilines is 1. The minimum atomic E-state index is -0.545. The number of nitrogens with zero attached hydrogens (tertiary/aromatic N) is 1. The van der Waals surface area contributed by atoms with Crippen LogP contribution in [0.4, 0.5) is 5.69 Å². The first-order chi connectivity index (χ1) is 15.1. The summed E-state index contributed by atoms with van der Waals surface area (Å²) in [5.41, 5.74) is 2.75. The van der Waals surface area contributed by atoms with Crippen LogP contribution in [-0.2, 0) is 15.3 Å². The molecule has 0 fully saturated rings. The molecule has 0 saturated carbocycles. The molecule has 0 heterocycles. The molecule has 1 N–H and O–H groups in total. The predicted octanol–water partition coefficient (Wildman–Crippen LogP) is 5.37. The molecular formula is C24H20N2O3S2. The van der Waals surface area contributed by atoms with Crippen LogP contribution in [0.15, 0.2) is 82.6 Å². The van der Waals surface area contributed by atoms with Crippen LogP contribution in [0.2, 0.25) is 0 Å². The highest BCUT2D eigenvalue weighted by Gasteiger charge is 2.15. The number of nitrogens with one attached hydrogen (secondary N) is 1. The molecule has 0 aliphatic rings. The smallest absolute Gasteiger partial charge is 0.339 e. The van der Waals surface area contributed by atoms with E-state index >= 15 is 0 Å². The summed E-state index contributed by atoms with van der Waals surface area (Å²) in [4.78, 5) is 26.5. The van der Waals surface area contributed by atoms with E-state index in [1.165, 1.54) is 23.5 Å². The maximum Gasteiger partial charge on any atom is 0.339 e. The molecule has 0 radical (unpaired) electrons. The van der Waals surface area contributed by atoms with Crippen molar-refractivity contribution in [3.8, 4) is 6.07 Å². The summed E-state index contributed by atoms with van der Waals surface area (Å²) < 4.78 is 5.25. The molecule has 0 aromatic heterocycles. The highest BCUT2D eigenvalue weighted by atomic mass is 32.2. The van der Waals surface area contributed by atoms with Crippen molar-refractivity contribution >= 4 is 41.1 Å². The van der Waals surface area contributed by atoms with Gasteiger partial charge in [0.15, 0.2) is 6.61 Å². The fourth-order valence-corrected chi connectivity index (χ4v) is 4.29. The second kappa shape index (κ2) is 11.3. The Labute approximate surface area is 189 Å². The van der Waals surface area contributed by atoms with E-state index in [9.17, 15) is 9.59 Å². The van der Waals surface area contributed by atoms with Gasteiger partial charge in [0.05, 0.1) is 22.9 Å². The molecule has 0 bridgehead atoms. The number of hydrogen-bond donors (Lipinski definition) is 1. The van der Waals surface area contributed by atoms with Gasteiger partial charge in [-0.2, -0.15) is 5.26 Å². The summed E-state index contributed by atoms with van der Waals surface area (Å²) >= 11 is 3.02. The zero-order valence-electron chi connectivity index (χ0n) is 16.8. The Balaban J connectivity index is 1.59. The highest BCUT2D eigenvalue weighted by Crippen LogP contribution is 2.27. The Morgan fingerprint density at radius 2 is 1.65 bits per heavy atom. The van der Waals surface area contributed by atoms with Gasteiger partial charge in [-0.15, -0.1) is 23.5 Å². The first-order valence-corrected chi connectivity index (χ1v) is 11.6. The minimum absolute atomic E-state index is 0.365. The van der Waals surface area contributed by atoms with Crippen LogP contribution in [0.25, 0.3) is 0 Å². The molecule has 0 spiro atoms. The number of para-hydroxylation sites is 1. The van der Waals surface area contributed by atoms with Gasteiger partial charge in [-0.3, -0.25) is 4.79 Å². The fourth-order valence-electron chi connectivity index (χ4n) is 2.74. The Morgan fingerprint density at radius 1 is 0.968 bits per heavy atom. The lowest BCUT2D eigenvalue weighted by atomic mass is 10.2. The van der Waals surface area contributed by atoms with E-state index in [2.05, 4.69) is 11.4 Å². The first kappa shape index (κ1) is 22.5. The van der Waals surface area contributed by atoms with Crippen LogP contribution in [-0.4, -0.2) is 24.7 Å². The van der Waals surface area contributed by atoms with Crippen LogP contribution < -0.4 is 5.32 Å². The maximum absolute atomic E-state index is 12.6. The average molecular weight is 449 g/mol. The monoisotopic (exact) mass is 448 g/mol. The lowest BCUT2D eigenvalue weighted by Gasteiger charge is -2.11. The van der Waals surface area contributed by atoms with Gasteiger partial charge >= 0.3 is 5.97 Å². The standard InChI is InChI=1S/C24H20N2O3S2/c1-30-22-9-5-3-7-20(22)26-23(27)15-29-24(28)19-6-2-4-8-21(19)31-16-18-12-10-17(14-25)11-13-18/h2-13H,15-16H2,1H3,(H,26,27). The van der Waals surface area contributed by atoms with Crippen molar-refractivity contribution in [1.82, 2.24) is 0 Å². The Bertz CT molecular complexity index is 1110. The Kier molecular flexibility index (Phi) is 8.16. The number of hydrogen-bond acceptors (Lipinski definition) is 6. The van der Waals surface area contributed by atoms with Crippen LogP contribution in [0.5, 0.6) is 0 Å². The van der Waals surface area contributed by atoms with Crippen molar-refractivity contribution in [2.45, 2.75) is 15.5 Å². The van der Waals surface area contributed by atoms with Crippen molar-refractivity contribution < 1.29 is 14.3 Å². The molecule has 1 amide bonds. The molecule has 31 heavy (non-hydrogen) atoms. The number of thioether (sulfide) groups is 2. The van der Waals surface area contributed by atoms with E-state index in [1.54, 1.807) is 30.3 Å². The minimum Gasteiger partial charge on any atom is -0.452 e. The number of nitriles is 1. The normalized spacial score (nSPS) is 10.2. The van der Waals surface area contributed by atoms with Crippen LogP contribution in [0.1, 0.15) is 21.5 Å². The van der Waals surface area contributed by atoms with E-state index in [0.29, 0.717) is 22.6 Å². The number of amides is 1. The van der Waals surface area contributed by atoms with Gasteiger partial charge in [0.2, 0.25) is 0 Å². The summed E-state index contributed by atoms with van der Waals surface area (Å²) in [6.07, 6.45) is 1.93. The molecule has 0 aliphatic carbocycles. The molecular weight excluding hydrogens is 428 g/mol. The van der Waals surface area contributed by atoms with Crippen LogP contribution >= 0.6 is 23.5 Å². The maximum atomic E-state index is 12.6. The van der Waals surface area contributed by atoms with E-state index < -0.39 is 11.9 Å².